The standard InChI is InChI=1S/C13H10Cl2OS/c1-8-6-17-7-10(8)12(16)5-9-3-2-4-11(14)13(9)15/h2-4,6-7H,5H2,1H3. The molecule has 2 aromatic rings. The molecular weight excluding hydrogens is 275 g/mol. The number of halogens is 2. The van der Waals surface area contributed by atoms with E-state index in [1.807, 2.05) is 23.8 Å². The second kappa shape index (κ2) is 5.21. The smallest absolute Gasteiger partial charge is 0.168 e. The van der Waals surface area contributed by atoms with Gasteiger partial charge in [-0.25, -0.2) is 0 Å². The summed E-state index contributed by atoms with van der Waals surface area (Å²) in [6.45, 7) is 1.93. The van der Waals surface area contributed by atoms with Crippen LogP contribution in [0.15, 0.2) is 29.0 Å². The Morgan fingerprint density at radius 3 is 2.71 bits per heavy atom. The number of hydrogen-bond acceptors (Lipinski definition) is 2. The van der Waals surface area contributed by atoms with Crippen molar-refractivity contribution in [3.8, 4) is 0 Å². The van der Waals surface area contributed by atoms with Gasteiger partial charge in [-0.15, -0.1) is 0 Å². The van der Waals surface area contributed by atoms with Crippen LogP contribution in [0.4, 0.5) is 0 Å². The number of carbonyl (C=O) groups is 1. The number of Topliss-reactive ketones (excluding diaryl/α,β-unsaturated/α-hetero) is 1. The number of carbonyl (C=O) groups excluding carboxylic acids is 1. The first kappa shape index (κ1) is 12.6. The molecule has 0 unspecified atom stereocenters. The molecule has 1 nitrogen and oxygen atoms in total. The van der Waals surface area contributed by atoms with Gasteiger partial charge in [0.15, 0.2) is 5.78 Å². The van der Waals surface area contributed by atoms with Gasteiger partial charge in [0.1, 0.15) is 0 Å². The van der Waals surface area contributed by atoms with E-state index in [2.05, 4.69) is 0 Å². The van der Waals surface area contributed by atoms with E-state index in [1.54, 1.807) is 12.1 Å². The van der Waals surface area contributed by atoms with Gasteiger partial charge >= 0.3 is 0 Å². The molecule has 0 saturated carbocycles. The summed E-state index contributed by atoms with van der Waals surface area (Å²) in [6.07, 6.45) is 0.289. The molecule has 0 fully saturated rings. The molecule has 0 aliphatic heterocycles. The Labute approximate surface area is 114 Å². The predicted molar refractivity (Wildman–Crippen MR) is 73.6 cm³/mol. The molecule has 0 amide bonds. The van der Waals surface area contributed by atoms with E-state index in [1.165, 1.54) is 11.3 Å². The van der Waals surface area contributed by atoms with E-state index in [9.17, 15) is 4.79 Å². The normalized spacial score (nSPS) is 10.5. The molecule has 17 heavy (non-hydrogen) atoms. The molecule has 0 aliphatic carbocycles. The number of hydrogen-bond donors (Lipinski definition) is 0. The minimum absolute atomic E-state index is 0.0768. The van der Waals surface area contributed by atoms with Gasteiger partial charge in [-0.05, 0) is 29.5 Å². The maximum atomic E-state index is 12.1. The third kappa shape index (κ3) is 2.71. The second-order valence-corrected chi connectivity index (χ2v) is 5.31. The van der Waals surface area contributed by atoms with Crippen molar-refractivity contribution in [1.82, 2.24) is 0 Å². The third-order valence-electron chi connectivity index (χ3n) is 2.54. The van der Waals surface area contributed by atoms with E-state index in [-0.39, 0.29) is 12.2 Å². The van der Waals surface area contributed by atoms with Crippen molar-refractivity contribution >= 4 is 40.3 Å². The largest absolute Gasteiger partial charge is 0.294 e. The van der Waals surface area contributed by atoms with Gasteiger partial charge in [-0.3, -0.25) is 4.79 Å². The first-order chi connectivity index (χ1) is 8.09. The molecule has 0 N–H and O–H groups in total. The summed E-state index contributed by atoms with van der Waals surface area (Å²) >= 11 is 13.5. The Kier molecular flexibility index (Phi) is 3.87. The Bertz CT molecular complexity index is 560. The van der Waals surface area contributed by atoms with Crippen LogP contribution in [0.2, 0.25) is 10.0 Å². The highest BCUT2D eigenvalue weighted by atomic mass is 35.5. The summed E-state index contributed by atoms with van der Waals surface area (Å²) in [7, 11) is 0. The van der Waals surface area contributed by atoms with Crippen LogP contribution in [0.5, 0.6) is 0 Å². The molecule has 1 aromatic heterocycles. The lowest BCUT2D eigenvalue weighted by molar-refractivity contribution is 0.0993. The van der Waals surface area contributed by atoms with Crippen molar-refractivity contribution < 1.29 is 4.79 Å². The lowest BCUT2D eigenvalue weighted by Gasteiger charge is -2.05. The van der Waals surface area contributed by atoms with E-state index in [4.69, 9.17) is 23.2 Å². The molecule has 88 valence electrons. The number of aryl methyl sites for hydroxylation is 1. The summed E-state index contributed by atoms with van der Waals surface area (Å²) in [5.74, 6) is 0.0768. The second-order valence-electron chi connectivity index (χ2n) is 3.78. The monoisotopic (exact) mass is 284 g/mol. The SMILES string of the molecule is Cc1cscc1C(=O)Cc1cccc(Cl)c1Cl. The van der Waals surface area contributed by atoms with Gasteiger partial charge in [0.25, 0.3) is 0 Å². The van der Waals surface area contributed by atoms with Gasteiger partial charge in [0, 0.05) is 17.4 Å². The zero-order valence-corrected chi connectivity index (χ0v) is 11.5. The average Bonchev–Trinajstić information content (AvgIpc) is 2.71. The van der Waals surface area contributed by atoms with Crippen LogP contribution in [0.1, 0.15) is 21.5 Å². The van der Waals surface area contributed by atoms with Gasteiger partial charge in [-0.2, -0.15) is 11.3 Å². The number of rotatable bonds is 3. The highest BCUT2D eigenvalue weighted by Gasteiger charge is 2.13. The fraction of sp³-hybridized carbons (Fsp3) is 0.154. The van der Waals surface area contributed by atoms with Crippen molar-refractivity contribution in [3.63, 3.8) is 0 Å². The molecule has 0 bridgehead atoms. The zero-order valence-electron chi connectivity index (χ0n) is 9.17. The first-order valence-corrected chi connectivity index (χ1v) is 6.78. The summed E-state index contributed by atoms with van der Waals surface area (Å²) < 4.78 is 0. The summed E-state index contributed by atoms with van der Waals surface area (Å²) in [4.78, 5) is 12.1. The van der Waals surface area contributed by atoms with Crippen LogP contribution in [0.25, 0.3) is 0 Å². The zero-order chi connectivity index (χ0) is 12.4. The highest BCUT2D eigenvalue weighted by Crippen LogP contribution is 2.27. The minimum Gasteiger partial charge on any atom is -0.294 e. The van der Waals surface area contributed by atoms with E-state index >= 15 is 0 Å². The molecule has 4 heteroatoms. The summed E-state index contributed by atoms with van der Waals surface area (Å²) in [6, 6.07) is 5.35. The Morgan fingerprint density at radius 2 is 2.06 bits per heavy atom. The fourth-order valence-corrected chi connectivity index (χ4v) is 2.84. The number of ketones is 1. The lowest BCUT2D eigenvalue weighted by atomic mass is 10.0. The van der Waals surface area contributed by atoms with Gasteiger partial charge in [-0.1, -0.05) is 35.3 Å². The quantitative estimate of drug-likeness (QED) is 0.741. The van der Waals surface area contributed by atoms with Crippen LogP contribution < -0.4 is 0 Å². The van der Waals surface area contributed by atoms with E-state index in [0.717, 1.165) is 16.7 Å². The van der Waals surface area contributed by atoms with E-state index in [0.29, 0.717) is 10.0 Å². The van der Waals surface area contributed by atoms with Crippen molar-refractivity contribution in [2.24, 2.45) is 0 Å². The molecule has 1 heterocycles. The highest BCUT2D eigenvalue weighted by molar-refractivity contribution is 7.08. The molecule has 2 rings (SSSR count). The van der Waals surface area contributed by atoms with Gasteiger partial charge in [0.05, 0.1) is 10.0 Å². The first-order valence-electron chi connectivity index (χ1n) is 5.08. The fourth-order valence-electron chi connectivity index (χ4n) is 1.60. The van der Waals surface area contributed by atoms with Crippen molar-refractivity contribution in [1.29, 1.82) is 0 Å². The molecule has 0 atom stereocenters. The molecule has 0 aliphatic rings. The molecule has 1 aromatic carbocycles. The van der Waals surface area contributed by atoms with Crippen molar-refractivity contribution in [2.45, 2.75) is 13.3 Å². The predicted octanol–water partition coefficient (Wildman–Crippen LogP) is 4.79. The maximum absolute atomic E-state index is 12.1. The number of thiophene rings is 1. The van der Waals surface area contributed by atoms with Gasteiger partial charge in [0.2, 0.25) is 0 Å². The summed E-state index contributed by atoms with van der Waals surface area (Å²) in [5.41, 5.74) is 2.55. The Morgan fingerprint density at radius 1 is 1.29 bits per heavy atom. The van der Waals surface area contributed by atoms with Crippen LogP contribution in [0, 0.1) is 6.92 Å². The molecule has 0 saturated heterocycles. The minimum atomic E-state index is 0.0768. The van der Waals surface area contributed by atoms with E-state index < -0.39 is 0 Å². The van der Waals surface area contributed by atoms with Crippen LogP contribution in [-0.4, -0.2) is 5.78 Å². The lowest BCUT2D eigenvalue weighted by Crippen LogP contribution is -2.04. The summed E-state index contributed by atoms with van der Waals surface area (Å²) in [5, 5.41) is 4.79. The Hall–Kier alpha value is -0.830. The van der Waals surface area contributed by atoms with Crippen molar-refractivity contribution in [3.05, 3.63) is 55.7 Å². The maximum Gasteiger partial charge on any atom is 0.168 e. The molecule has 0 radical (unpaired) electrons. The third-order valence-corrected chi connectivity index (χ3v) is 4.26. The molecule has 0 spiro atoms. The Balaban J connectivity index is 2.25. The topological polar surface area (TPSA) is 17.1 Å². The van der Waals surface area contributed by atoms with Gasteiger partial charge < -0.3 is 0 Å². The van der Waals surface area contributed by atoms with Crippen LogP contribution in [0.3, 0.4) is 0 Å². The number of benzene rings is 1. The average molecular weight is 285 g/mol. The van der Waals surface area contributed by atoms with Crippen molar-refractivity contribution in [2.75, 3.05) is 0 Å². The van der Waals surface area contributed by atoms with Crippen LogP contribution >= 0.6 is 34.5 Å². The van der Waals surface area contributed by atoms with Crippen LogP contribution in [-0.2, 0) is 6.42 Å². The molecular formula is C13H10Cl2OS.